The van der Waals surface area contributed by atoms with Gasteiger partial charge < -0.3 is 15.6 Å². The van der Waals surface area contributed by atoms with Gasteiger partial charge in [-0.2, -0.15) is 4.98 Å². The third kappa shape index (κ3) is 4.30. The zero-order valence-electron chi connectivity index (χ0n) is 12.8. The molecule has 0 saturated heterocycles. The Kier molecular flexibility index (Phi) is 5.74. The molecule has 1 aliphatic rings. The maximum atomic E-state index is 11.9. The molecule has 0 aliphatic heterocycles. The average molecular weight is 337 g/mol. The number of nitrogens with one attached hydrogen (secondary N) is 1. The molecule has 0 spiro atoms. The second kappa shape index (κ2) is 7.57. The van der Waals surface area contributed by atoms with E-state index >= 15 is 0 Å². The van der Waals surface area contributed by atoms with E-state index in [0.29, 0.717) is 18.1 Å². The fourth-order valence-electron chi connectivity index (χ4n) is 2.78. The average Bonchev–Trinajstić information content (AvgIpc) is 3.16. The smallest absolute Gasteiger partial charge is 0.246 e. The van der Waals surface area contributed by atoms with E-state index in [-0.39, 0.29) is 24.9 Å². The van der Waals surface area contributed by atoms with E-state index in [0.717, 1.165) is 31.2 Å². The van der Waals surface area contributed by atoms with Crippen molar-refractivity contribution in [2.75, 3.05) is 0 Å². The normalized spacial score (nSPS) is 15.9. The quantitative estimate of drug-likeness (QED) is 0.871. The predicted molar refractivity (Wildman–Crippen MR) is 87.9 cm³/mol. The van der Waals surface area contributed by atoms with Gasteiger partial charge in [-0.25, -0.2) is 0 Å². The summed E-state index contributed by atoms with van der Waals surface area (Å²) in [5.41, 5.74) is 6.79. The number of carbonyl (C=O) groups is 1. The van der Waals surface area contributed by atoms with Gasteiger partial charge in [0.25, 0.3) is 0 Å². The Balaban J connectivity index is 0.00000192. The molecule has 3 rings (SSSR count). The first-order valence-corrected chi connectivity index (χ1v) is 7.58. The van der Waals surface area contributed by atoms with Crippen LogP contribution in [0.1, 0.15) is 43.0 Å². The Morgan fingerprint density at radius 2 is 1.96 bits per heavy atom. The molecule has 1 aromatic carbocycles. The van der Waals surface area contributed by atoms with Crippen molar-refractivity contribution in [1.29, 1.82) is 0 Å². The molecule has 1 aromatic heterocycles. The lowest BCUT2D eigenvalue weighted by Gasteiger charge is -2.17. The van der Waals surface area contributed by atoms with Crippen LogP contribution in [0.4, 0.5) is 0 Å². The predicted octanol–water partition coefficient (Wildman–Crippen LogP) is 2.08. The first-order chi connectivity index (χ1) is 10.7. The summed E-state index contributed by atoms with van der Waals surface area (Å²) in [5, 5.41) is 6.76. The van der Waals surface area contributed by atoms with Gasteiger partial charge >= 0.3 is 0 Å². The Hall–Kier alpha value is -1.92. The molecule has 3 N–H and O–H groups in total. The van der Waals surface area contributed by atoms with Crippen LogP contribution in [-0.2, 0) is 23.3 Å². The van der Waals surface area contributed by atoms with Crippen molar-refractivity contribution in [2.45, 2.75) is 44.2 Å². The summed E-state index contributed by atoms with van der Waals surface area (Å²) in [7, 11) is 0. The molecular weight excluding hydrogens is 316 g/mol. The first-order valence-electron chi connectivity index (χ1n) is 7.58. The Morgan fingerprint density at radius 1 is 1.26 bits per heavy atom. The topological polar surface area (TPSA) is 94.0 Å². The molecule has 0 bridgehead atoms. The molecule has 0 unspecified atom stereocenters. The maximum Gasteiger partial charge on any atom is 0.246 e. The number of hydrogen-bond acceptors (Lipinski definition) is 5. The highest BCUT2D eigenvalue weighted by Crippen LogP contribution is 2.34. The van der Waals surface area contributed by atoms with Gasteiger partial charge in [0, 0.05) is 0 Å². The van der Waals surface area contributed by atoms with E-state index in [9.17, 15) is 4.79 Å². The van der Waals surface area contributed by atoms with Crippen LogP contribution in [0.3, 0.4) is 0 Å². The fraction of sp³-hybridized carbons (Fsp3) is 0.438. The van der Waals surface area contributed by atoms with Gasteiger partial charge in [0.05, 0.1) is 18.5 Å². The number of nitrogens with zero attached hydrogens (tertiary/aromatic N) is 2. The molecule has 0 atom stereocenters. The van der Waals surface area contributed by atoms with Crippen molar-refractivity contribution in [3.05, 3.63) is 47.6 Å². The number of hydrogen-bond donors (Lipinski definition) is 2. The second-order valence-corrected chi connectivity index (χ2v) is 5.81. The van der Waals surface area contributed by atoms with E-state index in [2.05, 4.69) is 15.5 Å². The summed E-state index contributed by atoms with van der Waals surface area (Å²) in [5.74, 6) is 0.875. The van der Waals surface area contributed by atoms with Gasteiger partial charge in [-0.05, 0) is 18.4 Å². The van der Waals surface area contributed by atoms with Crippen molar-refractivity contribution in [3.63, 3.8) is 0 Å². The molecule has 7 heteroatoms. The Labute approximate surface area is 141 Å². The standard InChI is InChI=1S/C16H20N4O2.ClH/c17-16(8-4-5-9-16)15-19-14(22-20-15)11-18-13(21)10-12-6-2-1-3-7-12;/h1-3,6-7H,4-5,8-11,17H2,(H,18,21);1H. The van der Waals surface area contributed by atoms with Crippen LogP contribution in [0.25, 0.3) is 0 Å². The molecule has 2 aromatic rings. The van der Waals surface area contributed by atoms with Gasteiger partial charge in [0.1, 0.15) is 0 Å². The van der Waals surface area contributed by atoms with Crippen molar-refractivity contribution in [3.8, 4) is 0 Å². The van der Waals surface area contributed by atoms with Crippen molar-refractivity contribution < 1.29 is 9.32 Å². The molecule has 23 heavy (non-hydrogen) atoms. The molecule has 1 saturated carbocycles. The lowest BCUT2D eigenvalue weighted by molar-refractivity contribution is -0.120. The lowest BCUT2D eigenvalue weighted by Crippen LogP contribution is -2.34. The fourth-order valence-corrected chi connectivity index (χ4v) is 2.78. The number of nitrogens with two attached hydrogens (primary N) is 1. The number of aromatic nitrogens is 2. The van der Waals surface area contributed by atoms with E-state index in [1.54, 1.807) is 0 Å². The van der Waals surface area contributed by atoms with Crippen LogP contribution in [0.15, 0.2) is 34.9 Å². The first kappa shape index (κ1) is 17.4. The number of halogens is 1. The van der Waals surface area contributed by atoms with Gasteiger partial charge in [0.15, 0.2) is 5.82 Å². The summed E-state index contributed by atoms with van der Waals surface area (Å²) in [6.07, 6.45) is 4.28. The SMILES string of the molecule is Cl.NC1(c2noc(CNC(=O)Cc3ccccc3)n2)CCCC1. The third-order valence-electron chi connectivity index (χ3n) is 4.05. The van der Waals surface area contributed by atoms with Crippen molar-refractivity contribution in [1.82, 2.24) is 15.5 Å². The molecule has 124 valence electrons. The molecule has 0 radical (unpaired) electrons. The summed E-state index contributed by atoms with van der Waals surface area (Å²) in [4.78, 5) is 16.2. The second-order valence-electron chi connectivity index (χ2n) is 5.81. The number of carbonyl (C=O) groups excluding carboxylic acids is 1. The Bertz CT molecular complexity index is 639. The summed E-state index contributed by atoms with van der Waals surface area (Å²) in [6.45, 7) is 0.231. The minimum Gasteiger partial charge on any atom is -0.347 e. The van der Waals surface area contributed by atoms with Gasteiger partial charge in [-0.3, -0.25) is 4.79 Å². The Morgan fingerprint density at radius 3 is 2.65 bits per heavy atom. The van der Waals surface area contributed by atoms with Gasteiger partial charge in [-0.15, -0.1) is 12.4 Å². The highest BCUT2D eigenvalue weighted by Gasteiger charge is 2.35. The largest absolute Gasteiger partial charge is 0.347 e. The van der Waals surface area contributed by atoms with Crippen molar-refractivity contribution in [2.24, 2.45) is 5.73 Å². The van der Waals surface area contributed by atoms with Crippen LogP contribution < -0.4 is 11.1 Å². The zero-order valence-corrected chi connectivity index (χ0v) is 13.6. The van der Waals surface area contributed by atoms with Crippen LogP contribution >= 0.6 is 12.4 Å². The number of amides is 1. The highest BCUT2D eigenvalue weighted by molar-refractivity contribution is 5.85. The van der Waals surface area contributed by atoms with E-state index in [4.69, 9.17) is 10.3 Å². The van der Waals surface area contributed by atoms with Crippen LogP contribution in [0, 0.1) is 0 Å². The van der Waals surface area contributed by atoms with E-state index in [1.165, 1.54) is 0 Å². The molecular formula is C16H21ClN4O2. The molecule has 1 aliphatic carbocycles. The van der Waals surface area contributed by atoms with Gasteiger partial charge in [-0.1, -0.05) is 48.3 Å². The monoisotopic (exact) mass is 336 g/mol. The minimum atomic E-state index is -0.463. The molecule has 1 fully saturated rings. The maximum absolute atomic E-state index is 11.9. The number of benzene rings is 1. The van der Waals surface area contributed by atoms with E-state index in [1.807, 2.05) is 30.3 Å². The summed E-state index contributed by atoms with van der Waals surface area (Å²) >= 11 is 0. The van der Waals surface area contributed by atoms with Crippen LogP contribution in [0.2, 0.25) is 0 Å². The van der Waals surface area contributed by atoms with Crippen LogP contribution in [-0.4, -0.2) is 16.0 Å². The lowest BCUT2D eigenvalue weighted by atomic mass is 9.99. The summed E-state index contributed by atoms with van der Waals surface area (Å²) in [6, 6.07) is 9.59. The summed E-state index contributed by atoms with van der Waals surface area (Å²) < 4.78 is 5.19. The molecule has 1 amide bonds. The zero-order chi connectivity index (χ0) is 15.4. The van der Waals surface area contributed by atoms with E-state index < -0.39 is 5.54 Å². The third-order valence-corrected chi connectivity index (χ3v) is 4.05. The molecule has 1 heterocycles. The van der Waals surface area contributed by atoms with Crippen molar-refractivity contribution >= 4 is 18.3 Å². The van der Waals surface area contributed by atoms with Gasteiger partial charge in [0.2, 0.25) is 11.8 Å². The van der Waals surface area contributed by atoms with Crippen LogP contribution in [0.5, 0.6) is 0 Å². The number of rotatable bonds is 5. The molecule has 6 nitrogen and oxygen atoms in total. The minimum absolute atomic E-state index is 0. The highest BCUT2D eigenvalue weighted by atomic mass is 35.5.